The topological polar surface area (TPSA) is 122 Å². The van der Waals surface area contributed by atoms with E-state index < -0.39 is 15.8 Å². The first-order chi connectivity index (χ1) is 15.9. The van der Waals surface area contributed by atoms with Gasteiger partial charge in [0.15, 0.2) is 11.5 Å². The van der Waals surface area contributed by atoms with Gasteiger partial charge in [-0.25, -0.2) is 17.5 Å². The van der Waals surface area contributed by atoms with E-state index in [2.05, 4.69) is 25.3 Å². The van der Waals surface area contributed by atoms with Crippen LogP contribution in [0, 0.1) is 5.82 Å². The van der Waals surface area contributed by atoms with Crippen LogP contribution in [-0.4, -0.2) is 65.2 Å². The van der Waals surface area contributed by atoms with Gasteiger partial charge >= 0.3 is 0 Å². The van der Waals surface area contributed by atoms with Gasteiger partial charge in [0.25, 0.3) is 0 Å². The average Bonchev–Trinajstić information content (AvgIpc) is 3.20. The molecule has 12 heteroatoms. The maximum Gasteiger partial charge on any atom is 0.240 e. The molecule has 0 aliphatic carbocycles. The van der Waals surface area contributed by atoms with Crippen molar-refractivity contribution in [2.75, 3.05) is 31.5 Å². The zero-order chi connectivity index (χ0) is 23.3. The fourth-order valence-corrected chi connectivity index (χ4v) is 4.69. The highest BCUT2D eigenvalue weighted by atomic mass is 32.2. The van der Waals surface area contributed by atoms with E-state index in [0.29, 0.717) is 30.3 Å². The number of rotatable bonds is 10. The number of hydrogen-bond donors (Lipinski definition) is 2. The van der Waals surface area contributed by atoms with Gasteiger partial charge < -0.3 is 10.2 Å². The van der Waals surface area contributed by atoms with E-state index in [9.17, 15) is 17.6 Å². The summed E-state index contributed by atoms with van der Waals surface area (Å²) in [5.41, 5.74) is 0.552. The maximum atomic E-state index is 13.0. The molecule has 0 radical (unpaired) electrons. The summed E-state index contributed by atoms with van der Waals surface area (Å²) >= 11 is 0. The van der Waals surface area contributed by atoms with E-state index in [4.69, 9.17) is 0 Å². The van der Waals surface area contributed by atoms with Gasteiger partial charge in [-0.1, -0.05) is 0 Å². The van der Waals surface area contributed by atoms with Crippen molar-refractivity contribution in [1.82, 2.24) is 29.4 Å². The van der Waals surface area contributed by atoms with Crippen molar-refractivity contribution in [3.63, 3.8) is 0 Å². The fourth-order valence-electron chi connectivity index (χ4n) is 3.66. The number of nitrogens with one attached hydrogen (secondary N) is 2. The van der Waals surface area contributed by atoms with E-state index in [1.54, 1.807) is 16.6 Å². The third-order valence-corrected chi connectivity index (χ3v) is 6.90. The quantitative estimate of drug-likeness (QED) is 0.427. The molecule has 176 valence electrons. The number of carbonyl (C=O) groups excluding carboxylic acids is 1. The zero-order valence-corrected chi connectivity index (χ0v) is 18.9. The number of sulfonamides is 1. The maximum absolute atomic E-state index is 13.0. The number of carbonyl (C=O) groups is 1. The third-order valence-electron chi connectivity index (χ3n) is 5.42. The summed E-state index contributed by atoms with van der Waals surface area (Å²) in [4.78, 5) is 13.8. The first kappa shape index (κ1) is 23.1. The molecule has 0 unspecified atom stereocenters. The van der Waals surface area contributed by atoms with Crippen LogP contribution in [0.5, 0.6) is 0 Å². The van der Waals surface area contributed by atoms with Crippen molar-refractivity contribution in [3.05, 3.63) is 48.0 Å². The van der Waals surface area contributed by atoms with E-state index in [1.165, 1.54) is 12.1 Å². The van der Waals surface area contributed by atoms with Crippen molar-refractivity contribution in [2.45, 2.75) is 37.0 Å². The summed E-state index contributed by atoms with van der Waals surface area (Å²) in [5.74, 6) is 0.874. The minimum Gasteiger partial charge on any atom is -0.369 e. The molecule has 1 aliphatic heterocycles. The SMILES string of the molecule is O=C1CCCCN1CCCNc1ccc2nnc(CCNS(=O)(=O)c3ccc(F)cc3)n2n1. The molecule has 3 heterocycles. The van der Waals surface area contributed by atoms with Crippen molar-refractivity contribution >= 4 is 27.4 Å². The highest BCUT2D eigenvalue weighted by molar-refractivity contribution is 7.89. The molecule has 0 bridgehead atoms. The molecule has 1 aliphatic rings. The van der Waals surface area contributed by atoms with E-state index >= 15 is 0 Å². The van der Waals surface area contributed by atoms with Crippen molar-refractivity contribution < 1.29 is 17.6 Å². The molecule has 10 nitrogen and oxygen atoms in total. The molecule has 4 rings (SSSR count). The van der Waals surface area contributed by atoms with Gasteiger partial charge in [0.2, 0.25) is 15.9 Å². The lowest BCUT2D eigenvalue weighted by molar-refractivity contribution is -0.133. The Morgan fingerprint density at radius 1 is 1.03 bits per heavy atom. The number of halogens is 1. The summed E-state index contributed by atoms with van der Waals surface area (Å²) in [6.45, 7) is 2.30. The second-order valence-corrected chi connectivity index (χ2v) is 9.59. The van der Waals surface area contributed by atoms with Crippen LogP contribution in [0.1, 0.15) is 31.5 Å². The number of amides is 1. The fraction of sp³-hybridized carbons (Fsp3) is 0.429. The Kier molecular flexibility index (Phi) is 7.14. The smallest absolute Gasteiger partial charge is 0.240 e. The second kappa shape index (κ2) is 10.2. The van der Waals surface area contributed by atoms with Crippen LogP contribution in [0.2, 0.25) is 0 Å². The molecule has 2 aromatic heterocycles. The lowest BCUT2D eigenvalue weighted by atomic mass is 10.1. The molecule has 1 fully saturated rings. The number of piperidine rings is 1. The predicted molar refractivity (Wildman–Crippen MR) is 120 cm³/mol. The standard InChI is InChI=1S/C21H26FN7O3S/c22-16-5-7-17(8-6-16)33(31,32)24-13-11-20-26-25-19-10-9-18(27-29(19)20)23-12-3-15-28-14-2-1-4-21(28)30/h5-10,24H,1-4,11-15H2,(H,23,27). The van der Waals surface area contributed by atoms with Gasteiger partial charge in [0.1, 0.15) is 11.6 Å². The van der Waals surface area contributed by atoms with Crippen molar-refractivity contribution in [3.8, 4) is 0 Å². The summed E-state index contributed by atoms with van der Waals surface area (Å²) in [5, 5.41) is 15.9. The summed E-state index contributed by atoms with van der Waals surface area (Å²) in [6.07, 6.45) is 3.77. The Labute approximate surface area is 191 Å². The largest absolute Gasteiger partial charge is 0.369 e. The highest BCUT2D eigenvalue weighted by Crippen LogP contribution is 2.12. The van der Waals surface area contributed by atoms with Gasteiger partial charge in [-0.2, -0.15) is 4.52 Å². The Morgan fingerprint density at radius 2 is 1.85 bits per heavy atom. The number of benzene rings is 1. The molecule has 33 heavy (non-hydrogen) atoms. The van der Waals surface area contributed by atoms with Gasteiger partial charge in [0.05, 0.1) is 4.90 Å². The minimum atomic E-state index is -3.75. The highest BCUT2D eigenvalue weighted by Gasteiger charge is 2.17. The van der Waals surface area contributed by atoms with E-state index in [-0.39, 0.29) is 23.8 Å². The van der Waals surface area contributed by atoms with Crippen molar-refractivity contribution in [1.29, 1.82) is 0 Å². The minimum absolute atomic E-state index is 0.00846. The molecule has 1 amide bonds. The molecule has 1 saturated heterocycles. The predicted octanol–water partition coefficient (Wildman–Crippen LogP) is 1.60. The summed E-state index contributed by atoms with van der Waals surface area (Å²) in [7, 11) is -3.75. The molecule has 1 aromatic carbocycles. The summed E-state index contributed by atoms with van der Waals surface area (Å²) < 4.78 is 41.8. The Morgan fingerprint density at radius 3 is 2.64 bits per heavy atom. The zero-order valence-electron chi connectivity index (χ0n) is 18.1. The Balaban J connectivity index is 1.31. The molecule has 0 atom stereocenters. The number of fused-ring (bicyclic) bond motifs is 1. The normalized spacial score (nSPS) is 14.7. The Bertz CT molecular complexity index is 1210. The number of hydrogen-bond acceptors (Lipinski definition) is 7. The lowest BCUT2D eigenvalue weighted by Gasteiger charge is -2.26. The lowest BCUT2D eigenvalue weighted by Crippen LogP contribution is -2.36. The number of aromatic nitrogens is 4. The van der Waals surface area contributed by atoms with Crippen LogP contribution in [0.25, 0.3) is 5.65 Å². The number of nitrogens with zero attached hydrogens (tertiary/aromatic N) is 5. The van der Waals surface area contributed by atoms with Gasteiger partial charge in [-0.05, 0) is 55.7 Å². The van der Waals surface area contributed by atoms with Gasteiger partial charge in [0, 0.05) is 39.0 Å². The van der Waals surface area contributed by atoms with Crippen LogP contribution < -0.4 is 10.0 Å². The average molecular weight is 476 g/mol. The summed E-state index contributed by atoms with van der Waals surface area (Å²) in [6, 6.07) is 8.21. The first-order valence-electron chi connectivity index (χ1n) is 10.9. The molecule has 2 N–H and O–H groups in total. The number of likely N-dealkylation sites (tertiary alicyclic amines) is 1. The van der Waals surface area contributed by atoms with Crippen LogP contribution in [0.15, 0.2) is 41.3 Å². The molecule has 3 aromatic rings. The van der Waals surface area contributed by atoms with Crippen molar-refractivity contribution in [2.24, 2.45) is 0 Å². The van der Waals surface area contributed by atoms with Crippen LogP contribution in [0.3, 0.4) is 0 Å². The van der Waals surface area contributed by atoms with Crippen LogP contribution >= 0.6 is 0 Å². The second-order valence-electron chi connectivity index (χ2n) is 7.82. The van der Waals surface area contributed by atoms with E-state index in [1.807, 2.05) is 4.90 Å². The molecule has 0 spiro atoms. The number of anilines is 1. The molecular formula is C21H26FN7O3S. The van der Waals surface area contributed by atoms with Crippen LogP contribution in [0.4, 0.5) is 10.2 Å². The van der Waals surface area contributed by atoms with Gasteiger partial charge in [-0.3, -0.25) is 4.79 Å². The van der Waals surface area contributed by atoms with Crippen LogP contribution in [-0.2, 0) is 21.2 Å². The van der Waals surface area contributed by atoms with Gasteiger partial charge in [-0.15, -0.1) is 15.3 Å². The monoisotopic (exact) mass is 475 g/mol. The Hall–Kier alpha value is -3.12. The molecule has 0 saturated carbocycles. The third kappa shape index (κ3) is 5.82. The molecular weight excluding hydrogens is 449 g/mol. The van der Waals surface area contributed by atoms with E-state index in [0.717, 1.165) is 44.5 Å². The first-order valence-corrected chi connectivity index (χ1v) is 12.4.